The highest BCUT2D eigenvalue weighted by Gasteiger charge is 2.11. The average molecular weight is 323 g/mol. The molecule has 3 N–H and O–H groups in total. The third-order valence-electron chi connectivity index (χ3n) is 3.58. The number of fused-ring (bicyclic) bond motifs is 1. The number of nitrogens with one attached hydrogen (secondary N) is 1. The Morgan fingerprint density at radius 3 is 2.67 bits per heavy atom. The third-order valence-corrected chi connectivity index (χ3v) is 3.58. The number of nitrogens with two attached hydrogens (primary N) is 1. The number of amides is 1. The summed E-state index contributed by atoms with van der Waals surface area (Å²) in [5, 5.41) is 5.00. The fraction of sp³-hybridized carbons (Fsp3) is 0.111. The summed E-state index contributed by atoms with van der Waals surface area (Å²) in [7, 11) is 1.59. The van der Waals surface area contributed by atoms with E-state index < -0.39 is 0 Å². The summed E-state index contributed by atoms with van der Waals surface area (Å²) in [6.07, 6.45) is 0. The summed E-state index contributed by atoms with van der Waals surface area (Å²) in [5.74, 6) is 0.896. The van der Waals surface area contributed by atoms with Crippen LogP contribution < -0.4 is 15.9 Å². The Labute approximate surface area is 138 Å². The number of methoxy groups -OCH3 is 1. The topological polar surface area (TPSA) is 89.8 Å². The van der Waals surface area contributed by atoms with Crippen molar-refractivity contribution >= 4 is 28.3 Å². The predicted molar refractivity (Wildman–Crippen MR) is 93.3 cm³/mol. The van der Waals surface area contributed by atoms with E-state index >= 15 is 0 Å². The normalized spacial score (nSPS) is 11.5. The first-order valence-electron chi connectivity index (χ1n) is 7.35. The molecule has 1 heterocycles. The van der Waals surface area contributed by atoms with Gasteiger partial charge in [-0.05, 0) is 43.3 Å². The third kappa shape index (κ3) is 3.08. The molecule has 0 aliphatic carbocycles. The standard InChI is InChI=1S/C18H17N3O3/c1-11(20-21-18(22)12-6-8-14(19)9-7-12)16-10-13-4-3-5-15(23-2)17(13)24-16/h3-10H,19H2,1-2H3,(H,21,22)/b20-11-. The zero-order chi connectivity index (χ0) is 17.1. The van der Waals surface area contributed by atoms with Crippen molar-refractivity contribution in [3.63, 3.8) is 0 Å². The number of hydrogen-bond donors (Lipinski definition) is 2. The zero-order valence-electron chi connectivity index (χ0n) is 13.4. The molecule has 0 saturated heterocycles. The van der Waals surface area contributed by atoms with Crippen molar-refractivity contribution in [2.75, 3.05) is 12.8 Å². The van der Waals surface area contributed by atoms with Crippen molar-refractivity contribution in [1.82, 2.24) is 5.43 Å². The molecule has 2 aromatic carbocycles. The molecule has 3 aromatic rings. The maximum atomic E-state index is 12.1. The second kappa shape index (κ2) is 6.45. The summed E-state index contributed by atoms with van der Waals surface area (Å²) in [6.45, 7) is 1.76. The first-order valence-corrected chi connectivity index (χ1v) is 7.35. The highest BCUT2D eigenvalue weighted by Crippen LogP contribution is 2.28. The van der Waals surface area contributed by atoms with Gasteiger partial charge in [-0.1, -0.05) is 12.1 Å². The number of ether oxygens (including phenoxy) is 1. The van der Waals surface area contributed by atoms with E-state index in [1.54, 1.807) is 38.3 Å². The Morgan fingerprint density at radius 1 is 1.21 bits per heavy atom. The minimum absolute atomic E-state index is 0.317. The van der Waals surface area contributed by atoms with Crippen LogP contribution in [0.1, 0.15) is 23.0 Å². The Kier molecular flexibility index (Phi) is 4.20. The molecule has 122 valence electrons. The van der Waals surface area contributed by atoms with Crippen LogP contribution in [0.2, 0.25) is 0 Å². The summed E-state index contributed by atoms with van der Waals surface area (Å²) < 4.78 is 11.1. The quantitative estimate of drug-likeness (QED) is 0.438. The lowest BCUT2D eigenvalue weighted by atomic mass is 10.2. The molecule has 0 fully saturated rings. The smallest absolute Gasteiger partial charge is 0.271 e. The second-order valence-electron chi connectivity index (χ2n) is 5.25. The molecule has 0 radical (unpaired) electrons. The monoisotopic (exact) mass is 323 g/mol. The summed E-state index contributed by atoms with van der Waals surface area (Å²) in [6, 6.07) is 14.1. The number of carbonyl (C=O) groups is 1. The van der Waals surface area contributed by atoms with Gasteiger partial charge in [-0.15, -0.1) is 0 Å². The number of hydrazone groups is 1. The van der Waals surface area contributed by atoms with Gasteiger partial charge in [-0.25, -0.2) is 5.43 Å². The number of anilines is 1. The van der Waals surface area contributed by atoms with Gasteiger partial charge in [0.1, 0.15) is 5.71 Å². The highest BCUT2D eigenvalue weighted by atomic mass is 16.5. The Morgan fingerprint density at radius 2 is 1.96 bits per heavy atom. The van der Waals surface area contributed by atoms with Crippen LogP contribution in [-0.4, -0.2) is 18.7 Å². The molecule has 6 heteroatoms. The van der Waals surface area contributed by atoms with Crippen molar-refractivity contribution in [2.45, 2.75) is 6.92 Å². The molecule has 0 atom stereocenters. The minimum atomic E-state index is -0.317. The van der Waals surface area contributed by atoms with Crippen molar-refractivity contribution in [3.05, 3.63) is 59.9 Å². The number of furan rings is 1. The molecule has 6 nitrogen and oxygen atoms in total. The number of hydrogen-bond acceptors (Lipinski definition) is 5. The largest absolute Gasteiger partial charge is 0.493 e. The van der Waals surface area contributed by atoms with Gasteiger partial charge in [0.05, 0.1) is 7.11 Å². The van der Waals surface area contributed by atoms with Crippen LogP contribution in [0.15, 0.2) is 58.0 Å². The predicted octanol–water partition coefficient (Wildman–Crippen LogP) is 3.18. The number of nitrogens with zero attached hydrogens (tertiary/aromatic N) is 1. The van der Waals surface area contributed by atoms with E-state index in [0.717, 1.165) is 5.39 Å². The molecule has 1 aromatic heterocycles. The van der Waals surface area contributed by atoms with Gasteiger partial charge in [0.15, 0.2) is 17.1 Å². The maximum absolute atomic E-state index is 12.1. The van der Waals surface area contributed by atoms with Crippen molar-refractivity contribution in [2.24, 2.45) is 5.10 Å². The molecule has 0 bridgehead atoms. The number of rotatable bonds is 4. The zero-order valence-corrected chi connectivity index (χ0v) is 13.4. The van der Waals surface area contributed by atoms with E-state index in [1.165, 1.54) is 0 Å². The molecule has 0 aliphatic heterocycles. The molecule has 3 rings (SSSR count). The molecular formula is C18H17N3O3. The van der Waals surface area contributed by atoms with Gasteiger partial charge in [-0.3, -0.25) is 4.79 Å². The van der Waals surface area contributed by atoms with Gasteiger partial charge in [0.2, 0.25) is 0 Å². The molecule has 0 saturated carbocycles. The average Bonchev–Trinajstić information content (AvgIpc) is 3.04. The van der Waals surface area contributed by atoms with E-state index in [9.17, 15) is 4.79 Å². The fourth-order valence-electron chi connectivity index (χ4n) is 2.26. The second-order valence-corrected chi connectivity index (χ2v) is 5.25. The van der Waals surface area contributed by atoms with E-state index in [-0.39, 0.29) is 5.91 Å². The van der Waals surface area contributed by atoms with Crippen LogP contribution in [0.3, 0.4) is 0 Å². The van der Waals surface area contributed by atoms with Crippen LogP contribution in [0.4, 0.5) is 5.69 Å². The van der Waals surface area contributed by atoms with E-state index in [4.69, 9.17) is 14.9 Å². The van der Waals surface area contributed by atoms with Gasteiger partial charge in [0.25, 0.3) is 5.91 Å². The molecule has 1 amide bonds. The van der Waals surface area contributed by atoms with Crippen LogP contribution >= 0.6 is 0 Å². The summed E-state index contributed by atoms with van der Waals surface area (Å²) >= 11 is 0. The van der Waals surface area contributed by atoms with Crippen molar-refractivity contribution < 1.29 is 13.9 Å². The Hall–Kier alpha value is -3.28. The minimum Gasteiger partial charge on any atom is -0.493 e. The van der Waals surface area contributed by atoms with E-state index in [2.05, 4.69) is 10.5 Å². The molecule has 0 unspecified atom stereocenters. The van der Waals surface area contributed by atoms with E-state index in [0.29, 0.717) is 34.1 Å². The van der Waals surface area contributed by atoms with Crippen molar-refractivity contribution in [1.29, 1.82) is 0 Å². The number of nitrogen functional groups attached to an aromatic ring is 1. The Bertz CT molecular complexity index is 911. The first kappa shape index (κ1) is 15.6. The molecular weight excluding hydrogens is 306 g/mol. The molecule has 0 aliphatic rings. The number of benzene rings is 2. The van der Waals surface area contributed by atoms with Crippen LogP contribution in [0.5, 0.6) is 5.75 Å². The van der Waals surface area contributed by atoms with E-state index in [1.807, 2.05) is 24.3 Å². The molecule has 0 spiro atoms. The van der Waals surface area contributed by atoms with Crippen LogP contribution in [0, 0.1) is 0 Å². The van der Waals surface area contributed by atoms with Gasteiger partial charge < -0.3 is 14.9 Å². The first-order chi connectivity index (χ1) is 11.6. The van der Waals surface area contributed by atoms with Crippen molar-refractivity contribution in [3.8, 4) is 5.75 Å². The lowest BCUT2D eigenvalue weighted by molar-refractivity contribution is 0.0955. The summed E-state index contributed by atoms with van der Waals surface area (Å²) in [5.41, 5.74) is 10.4. The Balaban J connectivity index is 1.80. The molecule has 24 heavy (non-hydrogen) atoms. The summed E-state index contributed by atoms with van der Waals surface area (Å²) in [4.78, 5) is 12.1. The van der Waals surface area contributed by atoms with Crippen LogP contribution in [-0.2, 0) is 0 Å². The maximum Gasteiger partial charge on any atom is 0.271 e. The number of para-hydroxylation sites is 1. The van der Waals surface area contributed by atoms with Crippen LogP contribution in [0.25, 0.3) is 11.0 Å². The lowest BCUT2D eigenvalue weighted by Gasteiger charge is -2.02. The van der Waals surface area contributed by atoms with Gasteiger partial charge >= 0.3 is 0 Å². The highest BCUT2D eigenvalue weighted by molar-refractivity contribution is 6.02. The lowest BCUT2D eigenvalue weighted by Crippen LogP contribution is -2.19. The van der Waals surface area contributed by atoms with Gasteiger partial charge in [0, 0.05) is 16.6 Å². The fourth-order valence-corrected chi connectivity index (χ4v) is 2.26. The van der Waals surface area contributed by atoms with Gasteiger partial charge in [-0.2, -0.15) is 5.10 Å². The SMILES string of the molecule is COc1cccc2cc(/C(C)=N\NC(=O)c3ccc(N)cc3)oc12. The number of carbonyl (C=O) groups excluding carboxylic acids is 1.